The molecule has 0 amide bonds. The molecule has 30 heavy (non-hydrogen) atoms. The Hall–Kier alpha value is -1.26. The summed E-state index contributed by atoms with van der Waals surface area (Å²) in [6.07, 6.45) is 6.14. The third-order valence-corrected chi connectivity index (χ3v) is 5.18. The molecular formula is C22H39IN4O3. The van der Waals surface area contributed by atoms with Crippen molar-refractivity contribution in [1.82, 2.24) is 15.5 Å². The fraction of sp³-hybridized carbons (Fsp3) is 0.682. The van der Waals surface area contributed by atoms with Gasteiger partial charge in [-0.1, -0.05) is 6.07 Å². The number of hydrogen-bond acceptors (Lipinski definition) is 5. The van der Waals surface area contributed by atoms with Gasteiger partial charge in [-0.2, -0.15) is 0 Å². The van der Waals surface area contributed by atoms with Gasteiger partial charge in [-0.3, -0.25) is 4.99 Å². The van der Waals surface area contributed by atoms with Crippen LogP contribution in [0.25, 0.3) is 0 Å². The Balaban J connectivity index is 0.00000450. The predicted molar refractivity (Wildman–Crippen MR) is 133 cm³/mol. The van der Waals surface area contributed by atoms with E-state index in [1.807, 2.05) is 12.1 Å². The number of hydrogen-bond donors (Lipinski definition) is 2. The molecule has 0 radical (unpaired) electrons. The van der Waals surface area contributed by atoms with Gasteiger partial charge in [0, 0.05) is 46.9 Å². The number of benzene rings is 1. The molecule has 172 valence electrons. The van der Waals surface area contributed by atoms with E-state index in [0.717, 1.165) is 68.5 Å². The SMILES string of the molecule is CN=C(NCCN(C)CCCOC)NCc1ccc(OC2CCCC2)c(OC)c1.I. The molecule has 0 aliphatic heterocycles. The maximum Gasteiger partial charge on any atom is 0.191 e. The average Bonchev–Trinajstić information content (AvgIpc) is 3.24. The Labute approximate surface area is 199 Å². The van der Waals surface area contributed by atoms with E-state index in [4.69, 9.17) is 14.2 Å². The van der Waals surface area contributed by atoms with Gasteiger partial charge in [0.05, 0.1) is 13.2 Å². The Bertz CT molecular complexity index is 624. The first-order valence-electron chi connectivity index (χ1n) is 10.6. The van der Waals surface area contributed by atoms with Gasteiger partial charge < -0.3 is 29.7 Å². The summed E-state index contributed by atoms with van der Waals surface area (Å²) >= 11 is 0. The molecular weight excluding hydrogens is 495 g/mol. The highest BCUT2D eigenvalue weighted by Crippen LogP contribution is 2.32. The van der Waals surface area contributed by atoms with Crippen LogP contribution in [0.3, 0.4) is 0 Å². The fourth-order valence-electron chi connectivity index (χ4n) is 3.47. The van der Waals surface area contributed by atoms with Gasteiger partial charge in [-0.15, -0.1) is 24.0 Å². The summed E-state index contributed by atoms with van der Waals surface area (Å²) in [4.78, 5) is 6.59. The van der Waals surface area contributed by atoms with E-state index in [1.165, 1.54) is 12.8 Å². The summed E-state index contributed by atoms with van der Waals surface area (Å²) in [5.74, 6) is 2.42. The van der Waals surface area contributed by atoms with Crippen molar-refractivity contribution in [3.8, 4) is 11.5 Å². The van der Waals surface area contributed by atoms with Gasteiger partial charge in [0.25, 0.3) is 0 Å². The highest BCUT2D eigenvalue weighted by atomic mass is 127. The molecule has 1 aromatic carbocycles. The minimum atomic E-state index is 0. The Morgan fingerprint density at radius 1 is 1.13 bits per heavy atom. The minimum Gasteiger partial charge on any atom is -0.493 e. The van der Waals surface area contributed by atoms with E-state index in [9.17, 15) is 0 Å². The summed E-state index contributed by atoms with van der Waals surface area (Å²) in [5, 5.41) is 6.72. The van der Waals surface area contributed by atoms with Crippen molar-refractivity contribution in [2.24, 2.45) is 4.99 Å². The maximum atomic E-state index is 6.12. The third kappa shape index (κ3) is 9.70. The molecule has 8 heteroatoms. The molecule has 2 rings (SSSR count). The average molecular weight is 534 g/mol. The first kappa shape index (κ1) is 26.8. The van der Waals surface area contributed by atoms with Crippen molar-refractivity contribution in [2.45, 2.75) is 44.8 Å². The number of ether oxygens (including phenoxy) is 3. The van der Waals surface area contributed by atoms with Gasteiger partial charge >= 0.3 is 0 Å². The largest absolute Gasteiger partial charge is 0.493 e. The number of halogens is 1. The summed E-state index contributed by atoms with van der Waals surface area (Å²) in [5.41, 5.74) is 1.13. The monoisotopic (exact) mass is 534 g/mol. The second-order valence-electron chi connectivity index (χ2n) is 7.51. The predicted octanol–water partition coefficient (Wildman–Crippen LogP) is 3.27. The molecule has 0 heterocycles. The third-order valence-electron chi connectivity index (χ3n) is 5.18. The zero-order valence-electron chi connectivity index (χ0n) is 18.9. The van der Waals surface area contributed by atoms with Gasteiger partial charge in [0.1, 0.15) is 0 Å². The maximum absolute atomic E-state index is 6.12. The van der Waals surface area contributed by atoms with Crippen LogP contribution in [-0.4, -0.2) is 71.5 Å². The minimum absolute atomic E-state index is 0. The first-order valence-corrected chi connectivity index (χ1v) is 10.6. The molecule has 2 N–H and O–H groups in total. The summed E-state index contributed by atoms with van der Waals surface area (Å²) in [7, 11) is 7.34. The summed E-state index contributed by atoms with van der Waals surface area (Å²) in [6.45, 7) is 4.28. The lowest BCUT2D eigenvalue weighted by Crippen LogP contribution is -2.40. The summed E-state index contributed by atoms with van der Waals surface area (Å²) < 4.78 is 16.8. The number of guanidine groups is 1. The zero-order chi connectivity index (χ0) is 20.9. The van der Waals surface area contributed by atoms with E-state index in [2.05, 4.69) is 33.6 Å². The lowest BCUT2D eigenvalue weighted by molar-refractivity contribution is 0.180. The topological polar surface area (TPSA) is 67.4 Å². The number of rotatable bonds is 12. The number of aliphatic imine (C=N–C) groups is 1. The molecule has 0 spiro atoms. The van der Waals surface area contributed by atoms with Crippen LogP contribution in [0.1, 0.15) is 37.7 Å². The fourth-order valence-corrected chi connectivity index (χ4v) is 3.47. The highest BCUT2D eigenvalue weighted by molar-refractivity contribution is 14.0. The van der Waals surface area contributed by atoms with Crippen LogP contribution >= 0.6 is 24.0 Å². The van der Waals surface area contributed by atoms with Crippen molar-refractivity contribution in [3.63, 3.8) is 0 Å². The van der Waals surface area contributed by atoms with Crippen LogP contribution in [0, 0.1) is 0 Å². The number of likely N-dealkylation sites (N-methyl/N-ethyl adjacent to an activating group) is 1. The molecule has 1 fully saturated rings. The second kappa shape index (κ2) is 15.5. The van der Waals surface area contributed by atoms with Crippen molar-refractivity contribution >= 4 is 29.9 Å². The van der Waals surface area contributed by atoms with Gasteiger partial charge in [0.2, 0.25) is 0 Å². The summed E-state index contributed by atoms with van der Waals surface area (Å²) in [6, 6.07) is 6.13. The lowest BCUT2D eigenvalue weighted by atomic mass is 10.2. The van der Waals surface area contributed by atoms with Crippen LogP contribution in [0.2, 0.25) is 0 Å². The van der Waals surface area contributed by atoms with E-state index in [0.29, 0.717) is 12.6 Å². The van der Waals surface area contributed by atoms with Crippen molar-refractivity contribution in [2.75, 3.05) is 54.6 Å². The smallest absolute Gasteiger partial charge is 0.191 e. The number of methoxy groups -OCH3 is 2. The number of nitrogens with one attached hydrogen (secondary N) is 2. The molecule has 0 bridgehead atoms. The van der Waals surface area contributed by atoms with E-state index in [1.54, 1.807) is 21.3 Å². The molecule has 0 saturated heterocycles. The Morgan fingerprint density at radius 2 is 1.90 bits per heavy atom. The van der Waals surface area contributed by atoms with E-state index in [-0.39, 0.29) is 24.0 Å². The van der Waals surface area contributed by atoms with Crippen molar-refractivity contribution in [3.05, 3.63) is 23.8 Å². The molecule has 1 aliphatic carbocycles. The van der Waals surface area contributed by atoms with E-state index >= 15 is 0 Å². The van der Waals surface area contributed by atoms with Crippen molar-refractivity contribution in [1.29, 1.82) is 0 Å². The molecule has 7 nitrogen and oxygen atoms in total. The van der Waals surface area contributed by atoms with Crippen LogP contribution in [0.5, 0.6) is 11.5 Å². The molecule has 1 aromatic rings. The van der Waals surface area contributed by atoms with Crippen LogP contribution in [-0.2, 0) is 11.3 Å². The first-order chi connectivity index (χ1) is 14.2. The van der Waals surface area contributed by atoms with Crippen LogP contribution in [0.4, 0.5) is 0 Å². The quantitative estimate of drug-likeness (QED) is 0.186. The standard InChI is InChI=1S/C22H38N4O3.HI/c1-23-22(24-12-14-26(2)13-7-15-27-3)25-17-18-10-11-20(21(16-18)28-4)29-19-8-5-6-9-19;/h10-11,16,19H,5-9,12-15,17H2,1-4H3,(H2,23,24,25);1H. The van der Waals surface area contributed by atoms with Crippen LogP contribution < -0.4 is 20.1 Å². The molecule has 1 aliphatic rings. The van der Waals surface area contributed by atoms with E-state index < -0.39 is 0 Å². The number of nitrogens with zero attached hydrogens (tertiary/aromatic N) is 2. The van der Waals surface area contributed by atoms with Crippen LogP contribution in [0.15, 0.2) is 23.2 Å². The van der Waals surface area contributed by atoms with Gasteiger partial charge in [-0.25, -0.2) is 0 Å². The molecule has 0 atom stereocenters. The second-order valence-corrected chi connectivity index (χ2v) is 7.51. The van der Waals surface area contributed by atoms with Gasteiger partial charge in [-0.05, 0) is 56.8 Å². The Kier molecular flexibility index (Phi) is 13.9. The Morgan fingerprint density at radius 3 is 2.57 bits per heavy atom. The van der Waals surface area contributed by atoms with Gasteiger partial charge in [0.15, 0.2) is 17.5 Å². The molecule has 1 saturated carbocycles. The lowest BCUT2D eigenvalue weighted by Gasteiger charge is -2.19. The molecule has 0 aromatic heterocycles. The van der Waals surface area contributed by atoms with Crippen molar-refractivity contribution < 1.29 is 14.2 Å². The zero-order valence-corrected chi connectivity index (χ0v) is 21.2. The highest BCUT2D eigenvalue weighted by Gasteiger charge is 2.18. The normalized spacial score (nSPS) is 14.5. The molecule has 0 unspecified atom stereocenters.